The van der Waals surface area contributed by atoms with Gasteiger partial charge in [-0.2, -0.15) is 0 Å². The van der Waals surface area contributed by atoms with E-state index >= 15 is 0 Å². The molecule has 5 heteroatoms. The Bertz CT molecular complexity index is 754. The van der Waals surface area contributed by atoms with Gasteiger partial charge in [0.2, 0.25) is 0 Å². The zero-order valence-electron chi connectivity index (χ0n) is 14.8. The van der Waals surface area contributed by atoms with Crippen molar-refractivity contribution in [3.63, 3.8) is 0 Å². The van der Waals surface area contributed by atoms with Crippen LogP contribution in [0.25, 0.3) is 15.7 Å². The van der Waals surface area contributed by atoms with Crippen LogP contribution in [0, 0.1) is 0 Å². The van der Waals surface area contributed by atoms with Gasteiger partial charge in [-0.25, -0.2) is 4.98 Å². The maximum atomic E-state index is 4.47. The molecule has 2 aromatic rings. The van der Waals surface area contributed by atoms with Crippen molar-refractivity contribution in [2.45, 2.75) is 6.92 Å². The van der Waals surface area contributed by atoms with Crippen LogP contribution in [0.2, 0.25) is 0 Å². The van der Waals surface area contributed by atoms with E-state index in [-0.39, 0.29) is 0 Å². The molecule has 25 heavy (non-hydrogen) atoms. The Morgan fingerprint density at radius 2 is 1.92 bits per heavy atom. The zero-order valence-corrected chi connectivity index (χ0v) is 15.6. The van der Waals surface area contributed by atoms with E-state index in [1.54, 1.807) is 18.0 Å². The highest BCUT2D eigenvalue weighted by molar-refractivity contribution is 8.11. The first-order valence-corrected chi connectivity index (χ1v) is 9.13. The monoisotopic (exact) mass is 354 g/mol. The third kappa shape index (κ3) is 6.29. The lowest BCUT2D eigenvalue weighted by Crippen LogP contribution is -2.28. The summed E-state index contributed by atoms with van der Waals surface area (Å²) in [6, 6.07) is 8.40. The number of anilines is 1. The van der Waals surface area contributed by atoms with Crippen LogP contribution < -0.4 is 16.0 Å². The molecule has 0 unspecified atom stereocenters. The van der Waals surface area contributed by atoms with Crippen molar-refractivity contribution in [2.24, 2.45) is 0 Å². The molecule has 0 saturated heterocycles. The molecule has 1 aromatic carbocycles. The van der Waals surface area contributed by atoms with Gasteiger partial charge < -0.3 is 16.0 Å². The van der Waals surface area contributed by atoms with Gasteiger partial charge in [0, 0.05) is 42.7 Å². The number of allylic oxidation sites excluding steroid dienone is 1. The molecular formula is C20H26N4S. The second-order valence-electron chi connectivity index (χ2n) is 5.69. The molecule has 132 valence electrons. The van der Waals surface area contributed by atoms with E-state index in [0.717, 1.165) is 58.1 Å². The molecule has 2 rings (SSSR count). The number of hydrogen-bond acceptors (Lipinski definition) is 5. The van der Waals surface area contributed by atoms with Crippen molar-refractivity contribution in [2.75, 3.05) is 31.5 Å². The lowest BCUT2D eigenvalue weighted by atomic mass is 10.1. The lowest BCUT2D eigenvalue weighted by molar-refractivity contribution is 0.674. The normalized spacial score (nSPS) is 10.4. The van der Waals surface area contributed by atoms with E-state index in [1.807, 2.05) is 13.1 Å². The molecule has 4 nitrogen and oxygen atoms in total. The highest BCUT2D eigenvalue weighted by Crippen LogP contribution is 2.32. The van der Waals surface area contributed by atoms with Crippen LogP contribution in [0.5, 0.6) is 0 Å². The Hall–Kier alpha value is -2.24. The third-order valence-electron chi connectivity index (χ3n) is 3.54. The Morgan fingerprint density at radius 1 is 1.12 bits per heavy atom. The number of thioether (sulfide) groups is 1. The predicted molar refractivity (Wildman–Crippen MR) is 113 cm³/mol. The first-order chi connectivity index (χ1) is 12.1. The summed E-state index contributed by atoms with van der Waals surface area (Å²) in [7, 11) is 0. The van der Waals surface area contributed by atoms with E-state index in [1.165, 1.54) is 0 Å². The first-order valence-electron chi connectivity index (χ1n) is 8.31. The lowest BCUT2D eigenvalue weighted by Gasteiger charge is -2.10. The minimum Gasteiger partial charge on any atom is -0.390 e. The van der Waals surface area contributed by atoms with Crippen LogP contribution >= 0.6 is 11.8 Å². The van der Waals surface area contributed by atoms with E-state index in [9.17, 15) is 0 Å². The van der Waals surface area contributed by atoms with Crippen LogP contribution in [0.3, 0.4) is 0 Å². The molecule has 0 aliphatic carbocycles. The molecule has 0 radical (unpaired) electrons. The summed E-state index contributed by atoms with van der Waals surface area (Å²) < 4.78 is 0. The van der Waals surface area contributed by atoms with Crippen molar-refractivity contribution in [3.05, 3.63) is 66.9 Å². The molecular weight excluding hydrogens is 328 g/mol. The molecule has 1 aromatic heterocycles. The maximum Gasteiger partial charge on any atom is 0.126 e. The molecule has 0 fully saturated rings. The Balaban J connectivity index is 1.94. The minimum atomic E-state index is 0.824. The van der Waals surface area contributed by atoms with Crippen molar-refractivity contribution in [3.8, 4) is 0 Å². The SMILES string of the molecule is C=CNCCNCCNc1cc2cc(C(=C)SC(=C)C)ccc2cn1. The maximum absolute atomic E-state index is 4.47. The number of rotatable bonds is 11. The fraction of sp³-hybridized carbons (Fsp3) is 0.250. The van der Waals surface area contributed by atoms with Gasteiger partial charge >= 0.3 is 0 Å². The average molecular weight is 355 g/mol. The molecule has 3 N–H and O–H groups in total. The fourth-order valence-corrected chi connectivity index (χ4v) is 3.01. The van der Waals surface area contributed by atoms with Crippen LogP contribution in [0.4, 0.5) is 5.82 Å². The summed E-state index contributed by atoms with van der Waals surface area (Å²) in [5, 5.41) is 12.0. The van der Waals surface area contributed by atoms with Gasteiger partial charge in [0.25, 0.3) is 0 Å². The summed E-state index contributed by atoms with van der Waals surface area (Å²) >= 11 is 1.61. The second kappa shape index (κ2) is 9.91. The molecule has 0 aliphatic rings. The number of aromatic nitrogens is 1. The van der Waals surface area contributed by atoms with Crippen molar-refractivity contribution in [1.29, 1.82) is 0 Å². The topological polar surface area (TPSA) is 49.0 Å². The quantitative estimate of drug-likeness (QED) is 0.528. The van der Waals surface area contributed by atoms with Crippen molar-refractivity contribution in [1.82, 2.24) is 15.6 Å². The van der Waals surface area contributed by atoms with Crippen LogP contribution in [0.15, 0.2) is 61.3 Å². The van der Waals surface area contributed by atoms with E-state index in [0.29, 0.717) is 0 Å². The molecule has 0 spiro atoms. The number of pyridine rings is 1. The Kier molecular flexibility index (Phi) is 7.57. The van der Waals surface area contributed by atoms with E-state index in [4.69, 9.17) is 0 Å². The van der Waals surface area contributed by atoms with Gasteiger partial charge in [0.1, 0.15) is 5.82 Å². The summed E-state index contributed by atoms with van der Waals surface area (Å²) in [5.74, 6) is 0.883. The molecule has 0 aliphatic heterocycles. The summed E-state index contributed by atoms with van der Waals surface area (Å²) in [4.78, 5) is 6.52. The van der Waals surface area contributed by atoms with Crippen LogP contribution in [-0.4, -0.2) is 31.2 Å². The van der Waals surface area contributed by atoms with Gasteiger partial charge in [-0.1, -0.05) is 43.6 Å². The smallest absolute Gasteiger partial charge is 0.126 e. The summed E-state index contributed by atoms with van der Waals surface area (Å²) in [6.07, 6.45) is 3.61. The number of nitrogens with one attached hydrogen (secondary N) is 3. The number of fused-ring (bicyclic) bond motifs is 1. The fourth-order valence-electron chi connectivity index (χ4n) is 2.35. The predicted octanol–water partition coefficient (Wildman–Crippen LogP) is 4.21. The van der Waals surface area contributed by atoms with Gasteiger partial charge in [-0.05, 0) is 41.1 Å². The summed E-state index contributed by atoms with van der Waals surface area (Å²) in [5.41, 5.74) is 1.12. The molecule has 0 saturated carbocycles. The van der Waals surface area contributed by atoms with Gasteiger partial charge in [0.05, 0.1) is 0 Å². The molecule has 0 atom stereocenters. The van der Waals surface area contributed by atoms with E-state index in [2.05, 4.69) is 64.9 Å². The van der Waals surface area contributed by atoms with Crippen molar-refractivity contribution < 1.29 is 0 Å². The van der Waals surface area contributed by atoms with Crippen molar-refractivity contribution >= 4 is 33.3 Å². The highest BCUT2D eigenvalue weighted by atomic mass is 32.2. The van der Waals surface area contributed by atoms with Gasteiger partial charge in [-0.3, -0.25) is 0 Å². The second-order valence-corrected chi connectivity index (χ2v) is 7.09. The number of nitrogens with zero attached hydrogens (tertiary/aromatic N) is 1. The molecule has 0 bridgehead atoms. The van der Waals surface area contributed by atoms with Crippen LogP contribution in [0.1, 0.15) is 12.5 Å². The Morgan fingerprint density at radius 3 is 2.68 bits per heavy atom. The Labute approximate surface area is 154 Å². The zero-order chi connectivity index (χ0) is 18.1. The van der Waals surface area contributed by atoms with Gasteiger partial charge in [-0.15, -0.1) is 0 Å². The number of hydrogen-bond donors (Lipinski definition) is 3. The minimum absolute atomic E-state index is 0.824. The highest BCUT2D eigenvalue weighted by Gasteiger charge is 2.04. The standard InChI is InChI=1S/C20H26N4S/c1-5-21-8-9-22-10-11-23-20-13-19-12-17(16(4)25-15(2)3)6-7-18(19)14-24-20/h5-7,12-14,21-22H,1-2,4,8-11H2,3H3,(H,23,24). The summed E-state index contributed by atoms with van der Waals surface area (Å²) in [6.45, 7) is 17.2. The largest absolute Gasteiger partial charge is 0.390 e. The molecule has 0 amide bonds. The van der Waals surface area contributed by atoms with E-state index < -0.39 is 0 Å². The number of benzene rings is 1. The first kappa shape index (κ1) is 19.1. The van der Waals surface area contributed by atoms with Gasteiger partial charge in [0.15, 0.2) is 0 Å². The average Bonchev–Trinajstić information content (AvgIpc) is 2.59. The van der Waals surface area contributed by atoms with Crippen LogP contribution in [-0.2, 0) is 0 Å². The molecule has 1 heterocycles. The third-order valence-corrected chi connectivity index (χ3v) is 4.37.